The molecule has 32 heavy (non-hydrogen) atoms. The van der Waals surface area contributed by atoms with Crippen LogP contribution >= 0.6 is 12.2 Å². The van der Waals surface area contributed by atoms with E-state index in [9.17, 15) is 18.0 Å². The number of nitrogens with zero attached hydrogens (tertiary/aromatic N) is 4. The Morgan fingerprint density at radius 3 is 2.78 bits per heavy atom. The van der Waals surface area contributed by atoms with Crippen molar-refractivity contribution in [2.24, 2.45) is 0 Å². The Bertz CT molecular complexity index is 1300. The van der Waals surface area contributed by atoms with Crippen LogP contribution in [0.15, 0.2) is 41.0 Å². The van der Waals surface area contributed by atoms with E-state index >= 15 is 0 Å². The van der Waals surface area contributed by atoms with E-state index in [2.05, 4.69) is 20.5 Å². The summed E-state index contributed by atoms with van der Waals surface area (Å²) in [4.78, 5) is 17.0. The molecule has 0 radical (unpaired) electrons. The maximum Gasteiger partial charge on any atom is 0.416 e. The van der Waals surface area contributed by atoms with Crippen LogP contribution in [0.3, 0.4) is 0 Å². The highest BCUT2D eigenvalue weighted by molar-refractivity contribution is 7.71. The van der Waals surface area contributed by atoms with E-state index in [-0.39, 0.29) is 24.6 Å². The zero-order valence-corrected chi connectivity index (χ0v) is 17.8. The summed E-state index contributed by atoms with van der Waals surface area (Å²) in [5.41, 5.74) is -0.288. The SMILES string of the molecule is CCCc1n[nH]c(=S)n1CC(=O)Nc1nc2cc(C(F)(F)F)ccc2n1Cc1ccco1. The molecule has 12 heteroatoms. The Hall–Kier alpha value is -3.41. The van der Waals surface area contributed by atoms with Gasteiger partial charge < -0.3 is 8.98 Å². The maximum atomic E-state index is 13.1. The normalized spacial score (nSPS) is 11.9. The van der Waals surface area contributed by atoms with Gasteiger partial charge in [-0.3, -0.25) is 19.8 Å². The van der Waals surface area contributed by atoms with Gasteiger partial charge in [0.25, 0.3) is 0 Å². The number of aryl methyl sites for hydroxylation is 1. The molecule has 4 aromatic rings. The van der Waals surface area contributed by atoms with Crippen LogP contribution in [-0.4, -0.2) is 30.2 Å². The fraction of sp³-hybridized carbons (Fsp3) is 0.300. The van der Waals surface area contributed by atoms with Gasteiger partial charge in [0, 0.05) is 6.42 Å². The molecule has 0 aliphatic carbocycles. The van der Waals surface area contributed by atoms with Crippen LogP contribution in [0.2, 0.25) is 0 Å². The van der Waals surface area contributed by atoms with Crippen molar-refractivity contribution >= 4 is 35.1 Å². The lowest BCUT2D eigenvalue weighted by atomic mass is 10.2. The molecule has 0 fully saturated rings. The van der Waals surface area contributed by atoms with Crippen molar-refractivity contribution in [2.75, 3.05) is 5.32 Å². The highest BCUT2D eigenvalue weighted by atomic mass is 32.1. The third-order valence-electron chi connectivity index (χ3n) is 4.83. The van der Waals surface area contributed by atoms with Crippen molar-refractivity contribution in [3.63, 3.8) is 0 Å². The van der Waals surface area contributed by atoms with Gasteiger partial charge in [0.1, 0.15) is 18.1 Å². The molecule has 168 valence electrons. The van der Waals surface area contributed by atoms with Gasteiger partial charge in [-0.15, -0.1) is 0 Å². The molecule has 1 aromatic carbocycles. The van der Waals surface area contributed by atoms with Crippen molar-refractivity contribution in [3.8, 4) is 0 Å². The molecule has 0 atom stereocenters. The summed E-state index contributed by atoms with van der Waals surface area (Å²) in [6.07, 6.45) is -1.56. The van der Waals surface area contributed by atoms with Crippen LogP contribution < -0.4 is 5.32 Å². The van der Waals surface area contributed by atoms with E-state index in [1.54, 1.807) is 21.3 Å². The molecule has 3 heterocycles. The molecule has 2 N–H and O–H groups in total. The predicted molar refractivity (Wildman–Crippen MR) is 113 cm³/mol. The van der Waals surface area contributed by atoms with Gasteiger partial charge in [-0.1, -0.05) is 6.92 Å². The Kier molecular flexibility index (Phi) is 5.87. The number of furan rings is 1. The number of aromatic amines is 1. The number of carbonyl (C=O) groups is 1. The summed E-state index contributed by atoms with van der Waals surface area (Å²) in [7, 11) is 0. The lowest BCUT2D eigenvalue weighted by Crippen LogP contribution is -2.22. The number of benzene rings is 1. The van der Waals surface area contributed by atoms with E-state index < -0.39 is 17.6 Å². The third-order valence-corrected chi connectivity index (χ3v) is 5.15. The van der Waals surface area contributed by atoms with Gasteiger partial charge >= 0.3 is 6.18 Å². The summed E-state index contributed by atoms with van der Waals surface area (Å²) in [5.74, 6) is 0.869. The second kappa shape index (κ2) is 8.61. The first-order chi connectivity index (χ1) is 15.3. The number of H-pyrrole nitrogens is 1. The van der Waals surface area contributed by atoms with E-state index in [0.717, 1.165) is 18.6 Å². The number of rotatable bonds is 7. The quantitative estimate of drug-likeness (QED) is 0.392. The first-order valence-corrected chi connectivity index (χ1v) is 10.2. The topological polar surface area (TPSA) is 93.7 Å². The first-order valence-electron chi connectivity index (χ1n) is 9.80. The molecule has 0 saturated heterocycles. The van der Waals surface area contributed by atoms with Crippen LogP contribution in [0.4, 0.5) is 19.1 Å². The molecule has 0 unspecified atom stereocenters. The summed E-state index contributed by atoms with van der Waals surface area (Å²) in [6.45, 7) is 2.05. The standard InChI is InChI=1S/C20H19F3N6O2S/c1-2-4-16-26-27-19(32)29(16)11-17(30)25-18-24-14-9-12(20(21,22)23)6-7-15(14)28(18)10-13-5-3-8-31-13/h3,5-9H,2,4,10-11H2,1H3,(H,27,32)(H,24,25,30). The Morgan fingerprint density at radius 2 is 2.09 bits per heavy atom. The van der Waals surface area contributed by atoms with Gasteiger partial charge in [-0.2, -0.15) is 18.3 Å². The summed E-state index contributed by atoms with van der Waals surface area (Å²) in [6, 6.07) is 6.69. The maximum absolute atomic E-state index is 13.1. The summed E-state index contributed by atoms with van der Waals surface area (Å²) >= 11 is 5.20. The largest absolute Gasteiger partial charge is 0.467 e. The van der Waals surface area contributed by atoms with Crippen LogP contribution in [0, 0.1) is 4.77 Å². The summed E-state index contributed by atoms with van der Waals surface area (Å²) < 4.78 is 48.3. The number of imidazole rings is 1. The molecule has 0 spiro atoms. The number of hydrogen-bond acceptors (Lipinski definition) is 5. The van der Waals surface area contributed by atoms with Crippen LogP contribution in [0.25, 0.3) is 11.0 Å². The Morgan fingerprint density at radius 1 is 1.28 bits per heavy atom. The molecule has 1 amide bonds. The smallest absolute Gasteiger partial charge is 0.416 e. The molecule has 4 rings (SSSR count). The molecule has 0 saturated carbocycles. The second-order valence-corrected chi connectivity index (χ2v) is 7.52. The van der Waals surface area contributed by atoms with Gasteiger partial charge in [0.05, 0.1) is 29.4 Å². The molecule has 0 aliphatic rings. The van der Waals surface area contributed by atoms with Crippen molar-refractivity contribution in [1.29, 1.82) is 0 Å². The molecular formula is C20H19F3N6O2S. The number of amides is 1. The number of aromatic nitrogens is 5. The van der Waals surface area contributed by atoms with E-state index in [1.807, 2.05) is 6.92 Å². The number of alkyl halides is 3. The number of anilines is 1. The Balaban J connectivity index is 1.68. The monoisotopic (exact) mass is 464 g/mol. The van der Waals surface area contributed by atoms with E-state index in [1.165, 1.54) is 12.3 Å². The molecule has 8 nitrogen and oxygen atoms in total. The lowest BCUT2D eigenvalue weighted by molar-refractivity contribution is -0.137. The minimum absolute atomic E-state index is 0.104. The van der Waals surface area contributed by atoms with Crippen LogP contribution in [0.5, 0.6) is 0 Å². The van der Waals surface area contributed by atoms with Crippen molar-refractivity contribution in [1.82, 2.24) is 24.3 Å². The fourth-order valence-corrected chi connectivity index (χ4v) is 3.57. The zero-order valence-electron chi connectivity index (χ0n) is 16.9. The van der Waals surface area contributed by atoms with Gasteiger partial charge in [-0.25, -0.2) is 4.98 Å². The van der Waals surface area contributed by atoms with Crippen molar-refractivity contribution in [3.05, 3.63) is 58.5 Å². The second-order valence-electron chi connectivity index (χ2n) is 7.13. The average Bonchev–Trinajstić information content (AvgIpc) is 3.44. The highest BCUT2D eigenvalue weighted by Crippen LogP contribution is 2.32. The number of fused-ring (bicyclic) bond motifs is 1. The number of halogens is 3. The van der Waals surface area contributed by atoms with E-state index in [4.69, 9.17) is 16.6 Å². The molecule has 0 bridgehead atoms. The highest BCUT2D eigenvalue weighted by Gasteiger charge is 2.31. The predicted octanol–water partition coefficient (Wildman–Crippen LogP) is 4.54. The third kappa shape index (κ3) is 4.44. The Labute approximate surface area is 185 Å². The number of nitrogens with one attached hydrogen (secondary N) is 2. The minimum Gasteiger partial charge on any atom is -0.467 e. The van der Waals surface area contributed by atoms with Crippen molar-refractivity contribution < 1.29 is 22.4 Å². The van der Waals surface area contributed by atoms with Gasteiger partial charge in [0.15, 0.2) is 4.77 Å². The van der Waals surface area contributed by atoms with Crippen molar-refractivity contribution in [2.45, 2.75) is 39.0 Å². The van der Waals surface area contributed by atoms with Crippen LogP contribution in [0.1, 0.15) is 30.5 Å². The lowest BCUT2D eigenvalue weighted by Gasteiger charge is -2.10. The zero-order chi connectivity index (χ0) is 22.9. The molecule has 3 aromatic heterocycles. The van der Waals surface area contributed by atoms with E-state index in [0.29, 0.717) is 28.3 Å². The fourth-order valence-electron chi connectivity index (χ4n) is 3.36. The average molecular weight is 464 g/mol. The molecule has 0 aliphatic heterocycles. The van der Waals surface area contributed by atoms with Crippen LogP contribution in [-0.2, 0) is 30.5 Å². The van der Waals surface area contributed by atoms with Gasteiger partial charge in [0.2, 0.25) is 11.9 Å². The minimum atomic E-state index is -4.50. The first kappa shape index (κ1) is 21.8. The number of hydrogen-bond donors (Lipinski definition) is 2. The molecular weight excluding hydrogens is 445 g/mol. The summed E-state index contributed by atoms with van der Waals surface area (Å²) in [5, 5.41) is 9.48. The number of carbonyl (C=O) groups excluding carboxylic acids is 1. The van der Waals surface area contributed by atoms with Gasteiger partial charge in [-0.05, 0) is 49.0 Å².